The van der Waals surface area contributed by atoms with E-state index in [1.165, 1.54) is 12.1 Å². The number of phenolic OH excluding ortho intramolecular Hbond substituents is 1. The first-order valence-corrected chi connectivity index (χ1v) is 7.46. The summed E-state index contributed by atoms with van der Waals surface area (Å²) in [5.41, 5.74) is 1.96. The Kier molecular flexibility index (Phi) is 5.76. The second-order valence-corrected chi connectivity index (χ2v) is 5.26. The predicted octanol–water partition coefficient (Wildman–Crippen LogP) is 4.55. The Labute approximate surface area is 125 Å². The van der Waals surface area contributed by atoms with Crippen LogP contribution >= 0.6 is 0 Å². The second kappa shape index (κ2) is 7.79. The zero-order valence-electron chi connectivity index (χ0n) is 12.3. The first kappa shape index (κ1) is 15.5. The molecule has 0 aromatic heterocycles. The molecule has 1 unspecified atom stereocenters. The van der Waals surface area contributed by atoms with Crippen molar-refractivity contribution < 1.29 is 9.50 Å². The van der Waals surface area contributed by atoms with Crippen molar-refractivity contribution >= 4 is 0 Å². The predicted molar refractivity (Wildman–Crippen MR) is 83.6 cm³/mol. The molecule has 3 heteroatoms. The molecule has 0 aliphatic carbocycles. The molecule has 2 aromatic carbocycles. The van der Waals surface area contributed by atoms with Crippen LogP contribution in [0.25, 0.3) is 0 Å². The van der Waals surface area contributed by atoms with Crippen molar-refractivity contribution in [2.45, 2.75) is 38.8 Å². The fourth-order valence-corrected chi connectivity index (χ4v) is 2.38. The van der Waals surface area contributed by atoms with Gasteiger partial charge in [0, 0.05) is 18.2 Å². The van der Waals surface area contributed by atoms with Gasteiger partial charge < -0.3 is 10.4 Å². The average molecular weight is 287 g/mol. The van der Waals surface area contributed by atoms with Gasteiger partial charge in [-0.05, 0) is 30.2 Å². The van der Waals surface area contributed by atoms with Gasteiger partial charge in [0.2, 0.25) is 0 Å². The van der Waals surface area contributed by atoms with Crippen molar-refractivity contribution in [3.63, 3.8) is 0 Å². The van der Waals surface area contributed by atoms with E-state index in [-0.39, 0.29) is 11.9 Å². The maximum atomic E-state index is 13.1. The summed E-state index contributed by atoms with van der Waals surface area (Å²) in [7, 11) is 0. The fourth-order valence-electron chi connectivity index (χ4n) is 2.38. The first-order chi connectivity index (χ1) is 10.2. The molecule has 0 amide bonds. The second-order valence-electron chi connectivity index (χ2n) is 5.26. The van der Waals surface area contributed by atoms with Crippen LogP contribution in [-0.4, -0.2) is 5.11 Å². The molecule has 2 rings (SSSR count). The van der Waals surface area contributed by atoms with E-state index in [4.69, 9.17) is 0 Å². The number of unbranched alkanes of at least 4 members (excludes halogenated alkanes) is 1. The van der Waals surface area contributed by atoms with Gasteiger partial charge in [-0.3, -0.25) is 0 Å². The maximum absolute atomic E-state index is 13.1. The van der Waals surface area contributed by atoms with Crippen LogP contribution in [0.15, 0.2) is 48.5 Å². The monoisotopic (exact) mass is 287 g/mol. The molecule has 0 aliphatic rings. The van der Waals surface area contributed by atoms with Crippen LogP contribution in [0.1, 0.15) is 43.4 Å². The highest BCUT2D eigenvalue weighted by Crippen LogP contribution is 2.22. The van der Waals surface area contributed by atoms with Crippen molar-refractivity contribution in [3.05, 3.63) is 65.5 Å². The van der Waals surface area contributed by atoms with Gasteiger partial charge >= 0.3 is 0 Å². The van der Waals surface area contributed by atoms with Crippen LogP contribution < -0.4 is 5.32 Å². The molecule has 0 fully saturated rings. The van der Waals surface area contributed by atoms with Crippen LogP contribution in [0.4, 0.5) is 4.39 Å². The quantitative estimate of drug-likeness (QED) is 0.783. The van der Waals surface area contributed by atoms with Crippen LogP contribution in [0.2, 0.25) is 0 Å². The molecule has 0 aliphatic heterocycles. The SMILES string of the molecule is CCCCC(NCc1ccccc1O)c1ccc(F)cc1. The number of aromatic hydroxyl groups is 1. The number of phenols is 1. The molecule has 0 spiro atoms. The van der Waals surface area contributed by atoms with Crippen molar-refractivity contribution in [3.8, 4) is 5.75 Å². The molecule has 112 valence electrons. The van der Waals surface area contributed by atoms with Crippen LogP contribution in [0, 0.1) is 5.82 Å². The van der Waals surface area contributed by atoms with Crippen molar-refractivity contribution in [1.29, 1.82) is 0 Å². The smallest absolute Gasteiger partial charge is 0.123 e. The lowest BCUT2D eigenvalue weighted by atomic mass is 10.0. The highest BCUT2D eigenvalue weighted by atomic mass is 19.1. The molecule has 21 heavy (non-hydrogen) atoms. The maximum Gasteiger partial charge on any atom is 0.123 e. The van der Waals surface area contributed by atoms with E-state index in [2.05, 4.69) is 12.2 Å². The van der Waals surface area contributed by atoms with Crippen molar-refractivity contribution in [2.75, 3.05) is 0 Å². The minimum Gasteiger partial charge on any atom is -0.508 e. The Morgan fingerprint density at radius 1 is 1.10 bits per heavy atom. The van der Waals surface area contributed by atoms with Crippen molar-refractivity contribution in [1.82, 2.24) is 5.32 Å². The van der Waals surface area contributed by atoms with Gasteiger partial charge in [0.25, 0.3) is 0 Å². The van der Waals surface area contributed by atoms with Gasteiger partial charge in [0.05, 0.1) is 0 Å². The normalized spacial score (nSPS) is 12.3. The number of rotatable bonds is 7. The van der Waals surface area contributed by atoms with Gasteiger partial charge in [-0.1, -0.05) is 50.1 Å². The Morgan fingerprint density at radius 2 is 1.81 bits per heavy atom. The Hall–Kier alpha value is -1.87. The number of nitrogens with one attached hydrogen (secondary N) is 1. The summed E-state index contributed by atoms with van der Waals surface area (Å²) in [5.74, 6) is 0.0899. The van der Waals surface area contributed by atoms with Gasteiger partial charge in [0.15, 0.2) is 0 Å². The molecule has 0 saturated heterocycles. The molecule has 2 N–H and O–H groups in total. The molecular formula is C18H22FNO. The molecule has 1 atom stereocenters. The zero-order chi connectivity index (χ0) is 15.1. The lowest BCUT2D eigenvalue weighted by molar-refractivity contribution is 0.447. The Morgan fingerprint density at radius 3 is 2.48 bits per heavy atom. The van der Waals surface area contributed by atoms with Crippen LogP contribution in [0.3, 0.4) is 0 Å². The summed E-state index contributed by atoms with van der Waals surface area (Å²) >= 11 is 0. The lowest BCUT2D eigenvalue weighted by Gasteiger charge is -2.19. The van der Waals surface area contributed by atoms with Gasteiger partial charge in [-0.2, -0.15) is 0 Å². The number of para-hydroxylation sites is 1. The molecular weight excluding hydrogens is 265 g/mol. The van der Waals surface area contributed by atoms with E-state index < -0.39 is 0 Å². The third-order valence-electron chi connectivity index (χ3n) is 3.65. The average Bonchev–Trinajstić information content (AvgIpc) is 2.50. The summed E-state index contributed by atoms with van der Waals surface area (Å²) in [6.45, 7) is 2.75. The zero-order valence-corrected chi connectivity index (χ0v) is 12.3. The lowest BCUT2D eigenvalue weighted by Crippen LogP contribution is -2.21. The van der Waals surface area contributed by atoms with E-state index >= 15 is 0 Å². The number of hydrogen-bond acceptors (Lipinski definition) is 2. The summed E-state index contributed by atoms with van der Waals surface area (Å²) in [6, 6.07) is 14.1. The molecule has 2 nitrogen and oxygen atoms in total. The first-order valence-electron chi connectivity index (χ1n) is 7.46. The molecule has 0 heterocycles. The van der Waals surface area contributed by atoms with Gasteiger partial charge in [-0.25, -0.2) is 4.39 Å². The largest absolute Gasteiger partial charge is 0.508 e. The molecule has 0 bridgehead atoms. The van der Waals surface area contributed by atoms with Gasteiger partial charge in [0.1, 0.15) is 11.6 Å². The third kappa shape index (κ3) is 4.57. The topological polar surface area (TPSA) is 32.3 Å². The van der Waals surface area contributed by atoms with Gasteiger partial charge in [-0.15, -0.1) is 0 Å². The summed E-state index contributed by atoms with van der Waals surface area (Å²) in [4.78, 5) is 0. The van der Waals surface area contributed by atoms with Crippen molar-refractivity contribution in [2.24, 2.45) is 0 Å². The van der Waals surface area contributed by atoms with Crippen LogP contribution in [-0.2, 0) is 6.54 Å². The standard InChI is InChI=1S/C18H22FNO/c1-2-3-7-17(14-9-11-16(19)12-10-14)20-13-15-6-4-5-8-18(15)21/h4-6,8-12,17,20-21H,2-3,7,13H2,1H3. The molecule has 0 saturated carbocycles. The Bertz CT molecular complexity index is 553. The molecule has 2 aromatic rings. The third-order valence-corrected chi connectivity index (χ3v) is 3.65. The summed E-state index contributed by atoms with van der Waals surface area (Å²) in [6.07, 6.45) is 3.22. The van der Waals surface area contributed by atoms with E-state index in [1.807, 2.05) is 30.3 Å². The van der Waals surface area contributed by atoms with E-state index in [0.717, 1.165) is 30.4 Å². The number of hydrogen-bond donors (Lipinski definition) is 2. The summed E-state index contributed by atoms with van der Waals surface area (Å²) in [5, 5.41) is 13.3. The minimum atomic E-state index is -0.214. The molecule has 0 radical (unpaired) electrons. The summed E-state index contributed by atoms with van der Waals surface area (Å²) < 4.78 is 13.1. The Balaban J connectivity index is 2.06. The highest BCUT2D eigenvalue weighted by Gasteiger charge is 2.11. The minimum absolute atomic E-state index is 0.171. The number of halogens is 1. The van der Waals surface area contributed by atoms with E-state index in [1.54, 1.807) is 6.07 Å². The van der Waals surface area contributed by atoms with E-state index in [9.17, 15) is 9.50 Å². The highest BCUT2D eigenvalue weighted by molar-refractivity contribution is 5.31. The van der Waals surface area contributed by atoms with E-state index in [0.29, 0.717) is 12.3 Å². The van der Waals surface area contributed by atoms with Crippen LogP contribution in [0.5, 0.6) is 5.75 Å². The fraction of sp³-hybridized carbons (Fsp3) is 0.333. The number of benzene rings is 2.